The number of hydrogen-bond donors (Lipinski definition) is 1. The molecule has 0 spiro atoms. The number of hydrogen-bond acceptors (Lipinski definition) is 6. The topological polar surface area (TPSA) is 81.8 Å². The molecule has 2 aliphatic rings. The fourth-order valence-corrected chi connectivity index (χ4v) is 4.17. The summed E-state index contributed by atoms with van der Waals surface area (Å²) in [7, 11) is 0. The Morgan fingerprint density at radius 2 is 1.94 bits per heavy atom. The van der Waals surface area contributed by atoms with Gasteiger partial charge in [-0.1, -0.05) is 12.1 Å². The fourth-order valence-electron chi connectivity index (χ4n) is 4.17. The minimum absolute atomic E-state index is 0.0783. The zero-order chi connectivity index (χ0) is 22.9. The molecule has 0 unspecified atom stereocenters. The van der Waals surface area contributed by atoms with Crippen molar-refractivity contribution in [2.45, 2.75) is 26.2 Å². The number of nitrogens with zero attached hydrogens (tertiary/aromatic N) is 4. The van der Waals surface area contributed by atoms with Crippen LogP contribution in [-0.2, 0) is 24.1 Å². The minimum atomic E-state index is -4.79. The number of aromatic amines is 1. The summed E-state index contributed by atoms with van der Waals surface area (Å²) >= 11 is 0. The number of ether oxygens (including phenoxy) is 1. The third-order valence-corrected chi connectivity index (χ3v) is 5.88. The normalized spacial score (nSPS) is 16.9. The highest BCUT2D eigenvalue weighted by atomic mass is 19.4. The third kappa shape index (κ3) is 4.57. The molecule has 0 bridgehead atoms. The number of aromatic nitrogens is 2. The van der Waals surface area contributed by atoms with Crippen LogP contribution in [0.15, 0.2) is 29.2 Å². The first-order chi connectivity index (χ1) is 15.2. The van der Waals surface area contributed by atoms with Crippen LogP contribution in [0.3, 0.4) is 0 Å². The third-order valence-electron chi connectivity index (χ3n) is 5.88. The Morgan fingerprint density at radius 3 is 2.62 bits per heavy atom. The maximum absolute atomic E-state index is 13.5. The second-order valence-corrected chi connectivity index (χ2v) is 7.90. The summed E-state index contributed by atoms with van der Waals surface area (Å²) in [6, 6.07) is 5.46. The van der Waals surface area contributed by atoms with Crippen molar-refractivity contribution in [3.05, 3.63) is 51.4 Å². The fraction of sp³-hybridized carbons (Fsp3) is 0.476. The van der Waals surface area contributed by atoms with Crippen molar-refractivity contribution in [2.75, 3.05) is 44.2 Å². The Hall–Kier alpha value is -3.08. The Kier molecular flexibility index (Phi) is 6.09. The van der Waals surface area contributed by atoms with Gasteiger partial charge in [-0.2, -0.15) is 18.3 Å². The van der Waals surface area contributed by atoms with Crippen molar-refractivity contribution in [3.8, 4) is 5.75 Å². The summed E-state index contributed by atoms with van der Waals surface area (Å²) in [6.07, 6.45) is -3.75. The molecule has 0 atom stereocenters. The van der Waals surface area contributed by atoms with Gasteiger partial charge < -0.3 is 14.5 Å². The number of fused-ring (bicyclic) bond motifs is 1. The van der Waals surface area contributed by atoms with E-state index in [1.165, 1.54) is 4.90 Å². The highest BCUT2D eigenvalue weighted by Gasteiger charge is 2.39. The van der Waals surface area contributed by atoms with Gasteiger partial charge in [-0.05, 0) is 11.6 Å². The lowest BCUT2D eigenvalue weighted by Gasteiger charge is -2.34. The molecule has 1 aromatic carbocycles. The molecule has 1 saturated heterocycles. The lowest BCUT2D eigenvalue weighted by Crippen LogP contribution is -2.48. The van der Waals surface area contributed by atoms with Gasteiger partial charge in [0, 0.05) is 58.3 Å². The van der Waals surface area contributed by atoms with Crippen LogP contribution < -0.4 is 15.2 Å². The van der Waals surface area contributed by atoms with Crippen molar-refractivity contribution >= 4 is 11.6 Å². The van der Waals surface area contributed by atoms with E-state index in [4.69, 9.17) is 4.74 Å². The average molecular weight is 451 g/mol. The number of amides is 1. The highest BCUT2D eigenvalue weighted by Crippen LogP contribution is 2.39. The van der Waals surface area contributed by atoms with Crippen LogP contribution in [0.4, 0.5) is 18.9 Å². The number of anilines is 1. The number of piperazine rings is 1. The second-order valence-electron chi connectivity index (χ2n) is 7.90. The molecular weight excluding hydrogens is 427 g/mol. The molecular formula is C21H24F3N5O3. The number of carbonyl (C=O) groups excluding carboxylic acids is 1. The monoisotopic (exact) mass is 451 g/mol. The van der Waals surface area contributed by atoms with E-state index in [0.717, 1.165) is 30.4 Å². The van der Waals surface area contributed by atoms with Crippen LogP contribution in [0.5, 0.6) is 5.75 Å². The lowest BCUT2D eigenvalue weighted by atomic mass is 10.1. The van der Waals surface area contributed by atoms with Crippen LogP contribution >= 0.6 is 0 Å². The van der Waals surface area contributed by atoms with Crippen LogP contribution in [0.1, 0.15) is 23.6 Å². The molecule has 1 fully saturated rings. The van der Waals surface area contributed by atoms with Gasteiger partial charge in [0.1, 0.15) is 17.9 Å². The summed E-state index contributed by atoms with van der Waals surface area (Å²) in [5, 5.41) is 5.43. The highest BCUT2D eigenvalue weighted by molar-refractivity contribution is 5.73. The van der Waals surface area contributed by atoms with E-state index in [0.29, 0.717) is 32.0 Å². The number of halogens is 3. The Balaban J connectivity index is 1.42. The molecule has 0 aliphatic carbocycles. The van der Waals surface area contributed by atoms with Crippen molar-refractivity contribution in [2.24, 2.45) is 0 Å². The minimum Gasteiger partial charge on any atom is -0.492 e. The summed E-state index contributed by atoms with van der Waals surface area (Å²) in [5.74, 6) is 0.702. The van der Waals surface area contributed by atoms with Crippen molar-refractivity contribution in [1.29, 1.82) is 0 Å². The van der Waals surface area contributed by atoms with Gasteiger partial charge in [0.05, 0.1) is 11.9 Å². The van der Waals surface area contributed by atoms with Crippen molar-refractivity contribution in [3.63, 3.8) is 0 Å². The molecule has 1 amide bonds. The van der Waals surface area contributed by atoms with Crippen LogP contribution in [-0.4, -0.2) is 65.2 Å². The molecule has 32 heavy (non-hydrogen) atoms. The van der Waals surface area contributed by atoms with Gasteiger partial charge in [-0.15, -0.1) is 0 Å². The maximum atomic E-state index is 13.5. The summed E-state index contributed by atoms with van der Waals surface area (Å²) in [5.41, 5.74) is -1.08. The molecule has 1 N–H and O–H groups in total. The molecule has 0 saturated carbocycles. The van der Waals surface area contributed by atoms with E-state index in [1.807, 2.05) is 22.1 Å². The molecule has 11 heteroatoms. The lowest BCUT2D eigenvalue weighted by molar-refractivity contribution is -0.138. The van der Waals surface area contributed by atoms with E-state index in [-0.39, 0.29) is 24.7 Å². The molecule has 4 rings (SSSR count). The zero-order valence-electron chi connectivity index (χ0n) is 17.6. The average Bonchev–Trinajstić information content (AvgIpc) is 3.18. The standard InChI is InChI=1S/C21H24F3N5O3/c1-14(30)28-7-5-27(6-8-28)9-10-32-18-4-2-3-15-12-29(13-16(15)18)17-11-25-26-20(31)19(17)21(22,23)24/h2-4,11H,5-10,12-13H2,1H3,(H,26,31). The van der Waals surface area contributed by atoms with Crippen LogP contribution in [0.25, 0.3) is 0 Å². The van der Waals surface area contributed by atoms with Gasteiger partial charge in [-0.25, -0.2) is 5.10 Å². The number of nitrogens with one attached hydrogen (secondary N) is 1. The molecule has 1 aromatic heterocycles. The van der Waals surface area contributed by atoms with Crippen molar-refractivity contribution < 1.29 is 22.7 Å². The predicted octanol–water partition coefficient (Wildman–Crippen LogP) is 1.85. The van der Waals surface area contributed by atoms with E-state index < -0.39 is 17.3 Å². The molecule has 8 nitrogen and oxygen atoms in total. The number of H-pyrrole nitrogens is 1. The number of alkyl halides is 3. The zero-order valence-corrected chi connectivity index (χ0v) is 17.6. The van der Waals surface area contributed by atoms with Gasteiger partial charge >= 0.3 is 6.18 Å². The smallest absolute Gasteiger partial charge is 0.423 e. The SMILES string of the molecule is CC(=O)N1CCN(CCOc2cccc3c2CN(c2cn[nH]c(=O)c2C(F)(F)F)C3)CC1. The Labute approximate surface area is 182 Å². The molecule has 172 valence electrons. The van der Waals surface area contributed by atoms with E-state index in [9.17, 15) is 22.8 Å². The summed E-state index contributed by atoms with van der Waals surface area (Å²) < 4.78 is 46.3. The Bertz CT molecular complexity index is 1050. The number of rotatable bonds is 5. The van der Waals surface area contributed by atoms with Crippen LogP contribution in [0.2, 0.25) is 0 Å². The van der Waals surface area contributed by atoms with E-state index in [1.54, 1.807) is 13.0 Å². The second kappa shape index (κ2) is 8.81. The summed E-state index contributed by atoms with van der Waals surface area (Å²) in [4.78, 5) is 28.8. The van der Waals surface area contributed by atoms with Gasteiger partial charge in [0.15, 0.2) is 0 Å². The van der Waals surface area contributed by atoms with E-state index in [2.05, 4.69) is 10.00 Å². The first-order valence-electron chi connectivity index (χ1n) is 10.4. The largest absolute Gasteiger partial charge is 0.492 e. The molecule has 0 radical (unpaired) electrons. The molecule has 3 heterocycles. The predicted molar refractivity (Wildman–Crippen MR) is 110 cm³/mol. The van der Waals surface area contributed by atoms with Crippen molar-refractivity contribution in [1.82, 2.24) is 20.0 Å². The molecule has 2 aliphatic heterocycles. The van der Waals surface area contributed by atoms with Gasteiger partial charge in [0.2, 0.25) is 5.91 Å². The first kappa shape index (κ1) is 22.1. The van der Waals surface area contributed by atoms with Gasteiger partial charge in [-0.3, -0.25) is 14.5 Å². The van der Waals surface area contributed by atoms with Gasteiger partial charge in [0.25, 0.3) is 5.56 Å². The maximum Gasteiger partial charge on any atom is 0.423 e. The molecule has 2 aromatic rings. The summed E-state index contributed by atoms with van der Waals surface area (Å²) in [6.45, 7) is 6.04. The Morgan fingerprint density at radius 1 is 1.19 bits per heavy atom. The quantitative estimate of drug-likeness (QED) is 0.748. The number of benzene rings is 1. The number of carbonyl (C=O) groups is 1. The van der Waals surface area contributed by atoms with Crippen LogP contribution in [0, 0.1) is 0 Å². The van der Waals surface area contributed by atoms with E-state index >= 15 is 0 Å². The first-order valence-corrected chi connectivity index (χ1v) is 10.4.